The summed E-state index contributed by atoms with van der Waals surface area (Å²) in [6, 6.07) is 3.96. The molecule has 132 valence electrons. The van der Waals surface area contributed by atoms with Gasteiger partial charge in [0.15, 0.2) is 0 Å². The fourth-order valence-electron chi connectivity index (χ4n) is 3.75. The Balaban J connectivity index is 1.79. The lowest BCUT2D eigenvalue weighted by Gasteiger charge is -2.41. The largest absolute Gasteiger partial charge is 0.458 e. The first kappa shape index (κ1) is 17.8. The van der Waals surface area contributed by atoms with Crippen molar-refractivity contribution in [1.82, 2.24) is 10.3 Å². The molecule has 0 aromatic carbocycles. The van der Waals surface area contributed by atoms with E-state index in [1.807, 2.05) is 32.9 Å². The average Bonchev–Trinajstić information content (AvgIpc) is 2.85. The predicted octanol–water partition coefficient (Wildman–Crippen LogP) is 3.17. The van der Waals surface area contributed by atoms with Crippen LogP contribution in [0.2, 0.25) is 0 Å². The minimum Gasteiger partial charge on any atom is -0.458 e. The minimum absolute atomic E-state index is 0.0396. The Morgan fingerprint density at radius 1 is 1.38 bits per heavy atom. The van der Waals surface area contributed by atoms with Crippen LogP contribution in [-0.2, 0) is 19.9 Å². The van der Waals surface area contributed by atoms with Crippen LogP contribution in [0.4, 0.5) is 0 Å². The van der Waals surface area contributed by atoms with Crippen LogP contribution in [0.25, 0.3) is 0 Å². The van der Waals surface area contributed by atoms with Gasteiger partial charge < -0.3 is 14.8 Å². The maximum absolute atomic E-state index is 12.1. The maximum Gasteiger partial charge on any atom is 0.332 e. The monoisotopic (exact) mass is 396 g/mol. The molecule has 0 radical (unpaired) electrons. The Labute approximate surface area is 151 Å². The highest BCUT2D eigenvalue weighted by Gasteiger charge is 2.53. The Morgan fingerprint density at radius 3 is 2.67 bits per heavy atom. The molecule has 2 aliphatic rings. The number of esters is 1. The van der Waals surface area contributed by atoms with E-state index in [1.165, 1.54) is 0 Å². The molecule has 1 N–H and O–H groups in total. The van der Waals surface area contributed by atoms with E-state index in [1.54, 1.807) is 6.20 Å². The quantitative estimate of drug-likeness (QED) is 0.625. The molecular weight excluding hydrogens is 372 g/mol. The SMILES string of the molecule is CC(C)(C)OC(=O)COC1(c2cccnc2Br)CCC2(CNC2)C1. The molecule has 1 spiro atoms. The summed E-state index contributed by atoms with van der Waals surface area (Å²) in [5.74, 6) is -0.324. The van der Waals surface area contributed by atoms with Gasteiger partial charge in [-0.15, -0.1) is 0 Å². The first-order valence-electron chi connectivity index (χ1n) is 8.41. The highest BCUT2D eigenvalue weighted by atomic mass is 79.9. The average molecular weight is 397 g/mol. The van der Waals surface area contributed by atoms with Gasteiger partial charge in [0, 0.05) is 24.8 Å². The smallest absolute Gasteiger partial charge is 0.332 e. The van der Waals surface area contributed by atoms with Gasteiger partial charge in [-0.05, 0) is 67.4 Å². The van der Waals surface area contributed by atoms with Crippen LogP contribution in [0.1, 0.15) is 45.6 Å². The molecule has 1 saturated heterocycles. The zero-order valence-electron chi connectivity index (χ0n) is 14.5. The molecule has 3 rings (SSSR count). The van der Waals surface area contributed by atoms with Crippen LogP contribution in [0, 0.1) is 5.41 Å². The number of nitrogens with one attached hydrogen (secondary N) is 1. The van der Waals surface area contributed by atoms with Gasteiger partial charge in [0.1, 0.15) is 16.8 Å². The Morgan fingerprint density at radius 2 is 2.12 bits per heavy atom. The van der Waals surface area contributed by atoms with Gasteiger partial charge in [-0.3, -0.25) is 0 Å². The van der Waals surface area contributed by atoms with E-state index in [0.717, 1.165) is 42.5 Å². The first-order chi connectivity index (χ1) is 11.2. The topological polar surface area (TPSA) is 60.5 Å². The number of carbonyl (C=O) groups excluding carboxylic acids is 1. The number of nitrogens with zero attached hydrogens (tertiary/aromatic N) is 1. The molecule has 1 unspecified atom stereocenters. The van der Waals surface area contributed by atoms with Crippen molar-refractivity contribution in [1.29, 1.82) is 0 Å². The number of carbonyl (C=O) groups is 1. The Hall–Kier alpha value is -0.980. The molecule has 1 aromatic rings. The molecule has 24 heavy (non-hydrogen) atoms. The van der Waals surface area contributed by atoms with Crippen LogP contribution >= 0.6 is 15.9 Å². The second-order valence-electron chi connectivity index (χ2n) is 7.99. The van der Waals surface area contributed by atoms with Gasteiger partial charge in [-0.1, -0.05) is 6.07 Å². The number of hydrogen-bond acceptors (Lipinski definition) is 5. The van der Waals surface area contributed by atoms with E-state index in [4.69, 9.17) is 9.47 Å². The summed E-state index contributed by atoms with van der Waals surface area (Å²) in [7, 11) is 0. The third kappa shape index (κ3) is 3.65. The van der Waals surface area contributed by atoms with Gasteiger partial charge in [-0.2, -0.15) is 0 Å². The van der Waals surface area contributed by atoms with Gasteiger partial charge in [-0.25, -0.2) is 9.78 Å². The highest BCUT2D eigenvalue weighted by Crippen LogP contribution is 2.54. The molecule has 0 amide bonds. The van der Waals surface area contributed by atoms with Crippen LogP contribution in [0.3, 0.4) is 0 Å². The van der Waals surface area contributed by atoms with Gasteiger partial charge in [0.05, 0.1) is 5.60 Å². The summed E-state index contributed by atoms with van der Waals surface area (Å²) in [6.07, 6.45) is 4.64. The number of hydrogen-bond donors (Lipinski definition) is 1. The Bertz CT molecular complexity index is 625. The third-order valence-corrected chi connectivity index (χ3v) is 5.49. The number of rotatable bonds is 4. The standard InChI is InChI=1S/C18H25BrN2O3/c1-16(2,3)24-14(22)9-23-18(13-5-4-8-21-15(13)19)7-6-17(10-18)11-20-12-17/h4-5,8,20H,6-7,9-12H2,1-3H3. The molecule has 1 saturated carbocycles. The van der Waals surface area contributed by atoms with Crippen molar-refractivity contribution in [2.24, 2.45) is 5.41 Å². The molecule has 1 aliphatic carbocycles. The fraction of sp³-hybridized carbons (Fsp3) is 0.667. The normalized spacial score (nSPS) is 25.5. The molecule has 2 heterocycles. The second-order valence-corrected chi connectivity index (χ2v) is 8.74. The van der Waals surface area contributed by atoms with Gasteiger partial charge >= 0.3 is 5.97 Å². The van der Waals surface area contributed by atoms with E-state index in [2.05, 4.69) is 26.2 Å². The fourth-order valence-corrected chi connectivity index (χ4v) is 4.37. The van der Waals surface area contributed by atoms with Crippen molar-refractivity contribution in [3.63, 3.8) is 0 Å². The van der Waals surface area contributed by atoms with Gasteiger partial charge in [0.2, 0.25) is 0 Å². The van der Waals surface area contributed by atoms with Crippen molar-refractivity contribution in [3.8, 4) is 0 Å². The molecule has 0 bridgehead atoms. The van der Waals surface area contributed by atoms with E-state index in [9.17, 15) is 4.79 Å². The molecule has 2 fully saturated rings. The van der Waals surface area contributed by atoms with Crippen molar-refractivity contribution < 1.29 is 14.3 Å². The number of aromatic nitrogens is 1. The summed E-state index contributed by atoms with van der Waals surface area (Å²) in [6.45, 7) is 7.59. The van der Waals surface area contributed by atoms with E-state index < -0.39 is 11.2 Å². The third-order valence-electron chi connectivity index (χ3n) is 4.86. The molecule has 5 nitrogen and oxygen atoms in total. The summed E-state index contributed by atoms with van der Waals surface area (Å²) in [4.78, 5) is 16.5. The highest BCUT2D eigenvalue weighted by molar-refractivity contribution is 9.10. The molecule has 1 atom stereocenters. The van der Waals surface area contributed by atoms with E-state index in [-0.39, 0.29) is 18.0 Å². The molecular formula is C18H25BrN2O3. The van der Waals surface area contributed by atoms with Crippen molar-refractivity contribution in [2.45, 2.75) is 51.2 Å². The molecule has 1 aliphatic heterocycles. The number of pyridine rings is 1. The summed E-state index contributed by atoms with van der Waals surface area (Å²) >= 11 is 3.55. The lowest BCUT2D eigenvalue weighted by molar-refractivity contribution is -0.168. The minimum atomic E-state index is -0.503. The Kier molecular flexibility index (Phi) is 4.75. The van der Waals surface area contributed by atoms with Crippen molar-refractivity contribution in [3.05, 3.63) is 28.5 Å². The first-order valence-corrected chi connectivity index (χ1v) is 9.21. The van der Waals surface area contributed by atoms with Gasteiger partial charge in [0.25, 0.3) is 0 Å². The molecule has 6 heteroatoms. The summed E-state index contributed by atoms with van der Waals surface area (Å²) in [5.41, 5.74) is 0.324. The van der Waals surface area contributed by atoms with Crippen LogP contribution < -0.4 is 5.32 Å². The van der Waals surface area contributed by atoms with Crippen LogP contribution in [0.15, 0.2) is 22.9 Å². The summed E-state index contributed by atoms with van der Waals surface area (Å²) < 4.78 is 12.4. The summed E-state index contributed by atoms with van der Waals surface area (Å²) in [5, 5.41) is 3.37. The zero-order valence-corrected chi connectivity index (χ0v) is 16.1. The van der Waals surface area contributed by atoms with E-state index in [0.29, 0.717) is 0 Å². The van der Waals surface area contributed by atoms with Crippen LogP contribution in [0.5, 0.6) is 0 Å². The maximum atomic E-state index is 12.1. The zero-order chi connectivity index (χ0) is 17.4. The molecule has 1 aromatic heterocycles. The number of halogens is 1. The lowest BCUT2D eigenvalue weighted by atomic mass is 9.78. The predicted molar refractivity (Wildman–Crippen MR) is 94.6 cm³/mol. The lowest BCUT2D eigenvalue weighted by Crippen LogP contribution is -2.52. The second kappa shape index (κ2) is 6.39. The number of ether oxygens (including phenoxy) is 2. The van der Waals surface area contributed by atoms with Crippen molar-refractivity contribution >= 4 is 21.9 Å². The van der Waals surface area contributed by atoms with Crippen LogP contribution in [-0.4, -0.2) is 36.3 Å². The van der Waals surface area contributed by atoms with E-state index >= 15 is 0 Å². The van der Waals surface area contributed by atoms with Crippen molar-refractivity contribution in [2.75, 3.05) is 19.7 Å².